The summed E-state index contributed by atoms with van der Waals surface area (Å²) in [6.07, 6.45) is 0. The van der Waals surface area contributed by atoms with Gasteiger partial charge >= 0.3 is 0 Å². The molecule has 0 unspecified atom stereocenters. The summed E-state index contributed by atoms with van der Waals surface area (Å²) in [6, 6.07) is 6.56. The fraction of sp³-hybridized carbons (Fsp3) is 0.571. The minimum atomic E-state index is -0.335. The largest absolute Gasteiger partial charge is 0.270 e. The van der Waals surface area contributed by atoms with Gasteiger partial charge in [0.2, 0.25) is 0 Å². The molecule has 0 N–H and O–H groups in total. The molecule has 0 aliphatic rings. The van der Waals surface area contributed by atoms with E-state index in [4.69, 9.17) is 0 Å². The Labute approximate surface area is 103 Å². The Bertz CT molecular complexity index is 404. The number of rotatable bonds is 1. The summed E-state index contributed by atoms with van der Waals surface area (Å²) in [5, 5.41) is 11.0. The molecule has 0 amide bonds. The first-order chi connectivity index (χ1) is 7.51. The number of hydrogen-bond acceptors (Lipinski definition) is 2. The first-order valence-electron chi connectivity index (χ1n) is 5.74. The zero-order chi connectivity index (χ0) is 13.4. The van der Waals surface area contributed by atoms with Crippen LogP contribution in [0.15, 0.2) is 12.1 Å². The minimum absolute atomic E-state index is 0.133. The smallest absolute Gasteiger partial charge is 0.258 e. The van der Waals surface area contributed by atoms with Gasteiger partial charge in [-0.1, -0.05) is 41.5 Å². The Hall–Kier alpha value is -1.38. The maximum Gasteiger partial charge on any atom is 0.270 e. The molecule has 93 valence electrons. The predicted molar refractivity (Wildman–Crippen MR) is 69.3 cm³/mol. The van der Waals surface area contributed by atoms with Crippen molar-refractivity contribution in [2.75, 3.05) is 0 Å². The minimum Gasteiger partial charge on any atom is -0.258 e. The number of nitro benzene ring substituents is 1. The van der Waals surface area contributed by atoms with Gasteiger partial charge in [-0.2, -0.15) is 0 Å². The Balaban J connectivity index is 3.45. The number of benzene rings is 1. The SMILES string of the molecule is CC(C)(C)c1[c]c(C(C)(C)C)cc([N+](=O)[O-])c1. The quantitative estimate of drug-likeness (QED) is 0.544. The number of non-ortho nitro benzene ring substituents is 1. The molecule has 17 heavy (non-hydrogen) atoms. The summed E-state index contributed by atoms with van der Waals surface area (Å²) in [7, 11) is 0. The lowest BCUT2D eigenvalue weighted by atomic mass is 9.80. The van der Waals surface area contributed by atoms with Gasteiger partial charge in [0.05, 0.1) is 4.92 Å². The van der Waals surface area contributed by atoms with E-state index in [9.17, 15) is 10.1 Å². The molecule has 0 bridgehead atoms. The van der Waals surface area contributed by atoms with Crippen LogP contribution in [0.1, 0.15) is 52.7 Å². The fourth-order valence-corrected chi connectivity index (χ4v) is 1.47. The van der Waals surface area contributed by atoms with E-state index >= 15 is 0 Å². The third-order valence-electron chi connectivity index (χ3n) is 2.68. The molecule has 1 aromatic rings. The predicted octanol–water partition coefficient (Wildman–Crippen LogP) is 3.99. The van der Waals surface area contributed by atoms with Crippen molar-refractivity contribution >= 4 is 5.69 Å². The van der Waals surface area contributed by atoms with Gasteiger partial charge in [0.15, 0.2) is 0 Å². The molecule has 1 radical (unpaired) electrons. The van der Waals surface area contributed by atoms with E-state index in [0.717, 1.165) is 11.1 Å². The van der Waals surface area contributed by atoms with Crippen molar-refractivity contribution in [1.82, 2.24) is 0 Å². The highest BCUT2D eigenvalue weighted by Crippen LogP contribution is 2.31. The van der Waals surface area contributed by atoms with E-state index in [1.807, 2.05) is 41.5 Å². The maximum atomic E-state index is 11.0. The second kappa shape index (κ2) is 4.13. The Morgan fingerprint density at radius 3 is 1.59 bits per heavy atom. The van der Waals surface area contributed by atoms with Crippen LogP contribution in [0, 0.1) is 16.2 Å². The summed E-state index contributed by atoms with van der Waals surface area (Å²) >= 11 is 0. The lowest BCUT2D eigenvalue weighted by Gasteiger charge is -2.24. The maximum absolute atomic E-state index is 11.0. The van der Waals surface area contributed by atoms with E-state index in [1.165, 1.54) is 0 Å². The van der Waals surface area contributed by atoms with Crippen molar-refractivity contribution in [2.45, 2.75) is 52.4 Å². The molecule has 0 saturated heterocycles. The van der Waals surface area contributed by atoms with Crippen LogP contribution in [0.5, 0.6) is 0 Å². The van der Waals surface area contributed by atoms with Crippen LogP contribution in [-0.2, 0) is 10.8 Å². The highest BCUT2D eigenvalue weighted by atomic mass is 16.6. The zero-order valence-electron chi connectivity index (χ0n) is 11.4. The number of hydrogen-bond donors (Lipinski definition) is 0. The van der Waals surface area contributed by atoms with Crippen molar-refractivity contribution in [1.29, 1.82) is 0 Å². The van der Waals surface area contributed by atoms with Gasteiger partial charge < -0.3 is 0 Å². The first-order valence-corrected chi connectivity index (χ1v) is 5.74. The van der Waals surface area contributed by atoms with Crippen molar-refractivity contribution in [3.63, 3.8) is 0 Å². The molecule has 0 saturated carbocycles. The van der Waals surface area contributed by atoms with Crippen molar-refractivity contribution < 1.29 is 4.92 Å². The van der Waals surface area contributed by atoms with Crippen LogP contribution in [0.2, 0.25) is 0 Å². The van der Waals surface area contributed by atoms with Gasteiger partial charge in [-0.25, -0.2) is 0 Å². The van der Waals surface area contributed by atoms with Gasteiger partial charge in [-0.3, -0.25) is 10.1 Å². The lowest BCUT2D eigenvalue weighted by Crippen LogP contribution is -2.17. The van der Waals surface area contributed by atoms with Crippen molar-refractivity contribution in [3.8, 4) is 0 Å². The van der Waals surface area contributed by atoms with Gasteiger partial charge in [0.1, 0.15) is 0 Å². The third kappa shape index (κ3) is 3.29. The van der Waals surface area contributed by atoms with Crippen LogP contribution in [0.3, 0.4) is 0 Å². The zero-order valence-corrected chi connectivity index (χ0v) is 11.4. The molecule has 0 aliphatic carbocycles. The van der Waals surface area contributed by atoms with Crippen molar-refractivity contribution in [2.24, 2.45) is 0 Å². The van der Waals surface area contributed by atoms with Crippen LogP contribution in [-0.4, -0.2) is 4.92 Å². The summed E-state index contributed by atoms with van der Waals surface area (Å²) < 4.78 is 0. The molecular weight excluding hydrogens is 214 g/mol. The Morgan fingerprint density at radius 2 is 1.35 bits per heavy atom. The molecule has 3 nitrogen and oxygen atoms in total. The molecule has 0 atom stereocenters. The summed E-state index contributed by atoms with van der Waals surface area (Å²) in [5.74, 6) is 0. The summed E-state index contributed by atoms with van der Waals surface area (Å²) in [5.41, 5.74) is 1.66. The van der Waals surface area contributed by atoms with Crippen LogP contribution >= 0.6 is 0 Å². The molecule has 1 aromatic carbocycles. The van der Waals surface area contributed by atoms with E-state index in [2.05, 4.69) is 6.07 Å². The average Bonchev–Trinajstić information content (AvgIpc) is 2.14. The second-order valence-corrected chi connectivity index (χ2v) is 6.42. The fourth-order valence-electron chi connectivity index (χ4n) is 1.47. The van der Waals surface area contributed by atoms with Crippen LogP contribution in [0.4, 0.5) is 5.69 Å². The molecule has 1 rings (SSSR count). The highest BCUT2D eigenvalue weighted by molar-refractivity contribution is 5.43. The van der Waals surface area contributed by atoms with Crippen molar-refractivity contribution in [3.05, 3.63) is 39.4 Å². The molecule has 0 aliphatic heterocycles. The second-order valence-electron chi connectivity index (χ2n) is 6.42. The molecule has 0 fully saturated rings. The number of nitro groups is 1. The summed E-state index contributed by atoms with van der Waals surface area (Å²) in [6.45, 7) is 12.2. The van der Waals surface area contributed by atoms with E-state index in [-0.39, 0.29) is 21.4 Å². The molecule has 0 heterocycles. The normalized spacial score (nSPS) is 12.6. The van der Waals surface area contributed by atoms with E-state index in [0.29, 0.717) is 0 Å². The molecule has 3 heteroatoms. The lowest BCUT2D eigenvalue weighted by molar-refractivity contribution is -0.385. The van der Waals surface area contributed by atoms with Gasteiger partial charge in [-0.15, -0.1) is 0 Å². The Kier molecular flexibility index (Phi) is 3.33. The van der Waals surface area contributed by atoms with Gasteiger partial charge in [0.25, 0.3) is 5.69 Å². The summed E-state index contributed by atoms with van der Waals surface area (Å²) in [4.78, 5) is 10.6. The molecule has 0 aromatic heterocycles. The Morgan fingerprint density at radius 1 is 1.00 bits per heavy atom. The van der Waals surface area contributed by atoms with Gasteiger partial charge in [0, 0.05) is 12.1 Å². The highest BCUT2D eigenvalue weighted by Gasteiger charge is 2.23. The number of nitrogens with zero attached hydrogens (tertiary/aromatic N) is 1. The van der Waals surface area contributed by atoms with Gasteiger partial charge in [-0.05, 0) is 28.0 Å². The molecule has 0 spiro atoms. The standard InChI is InChI=1S/C14H20NO2/c1-13(2,3)10-7-11(14(4,5)6)9-12(8-10)15(16)17/h8-9H,1-6H3. The topological polar surface area (TPSA) is 43.1 Å². The van der Waals surface area contributed by atoms with E-state index in [1.54, 1.807) is 12.1 Å². The van der Waals surface area contributed by atoms with Crippen LogP contribution < -0.4 is 0 Å². The van der Waals surface area contributed by atoms with Crippen LogP contribution in [0.25, 0.3) is 0 Å². The average molecular weight is 234 g/mol. The molecular formula is C14H20NO2. The third-order valence-corrected chi connectivity index (χ3v) is 2.68. The monoisotopic (exact) mass is 234 g/mol. The first kappa shape index (κ1) is 13.7. The van der Waals surface area contributed by atoms with E-state index < -0.39 is 0 Å².